The van der Waals surface area contributed by atoms with Crippen molar-refractivity contribution in [3.05, 3.63) is 82.7 Å². The summed E-state index contributed by atoms with van der Waals surface area (Å²) < 4.78 is 0. The molecule has 5 rings (SSSR count). The molecule has 5 aromatic rings. The summed E-state index contributed by atoms with van der Waals surface area (Å²) >= 11 is 1.54. The molecule has 0 spiro atoms. The Hall–Kier alpha value is -3.95. The van der Waals surface area contributed by atoms with E-state index in [4.69, 9.17) is 15.2 Å². The highest BCUT2D eigenvalue weighted by Gasteiger charge is 2.11. The van der Waals surface area contributed by atoms with Crippen molar-refractivity contribution in [2.24, 2.45) is 0 Å². The molecule has 0 bridgehead atoms. The number of hydrogen-bond donors (Lipinski definition) is 2. The number of imidazole rings is 1. The third kappa shape index (κ3) is 3.79. The molecule has 0 aliphatic rings. The second-order valence-corrected chi connectivity index (χ2v) is 8.35. The van der Waals surface area contributed by atoms with Crippen molar-refractivity contribution in [3.8, 4) is 28.7 Å². The van der Waals surface area contributed by atoms with Crippen molar-refractivity contribution in [2.45, 2.75) is 13.8 Å². The normalized spacial score (nSPS) is 10.9. The predicted molar refractivity (Wildman–Crippen MR) is 127 cm³/mol. The maximum absolute atomic E-state index is 9.13. The van der Waals surface area contributed by atoms with Gasteiger partial charge in [-0.05, 0) is 49.7 Å². The van der Waals surface area contributed by atoms with Crippen molar-refractivity contribution in [3.63, 3.8) is 0 Å². The Labute approximate surface area is 184 Å². The Bertz CT molecular complexity index is 1450. The van der Waals surface area contributed by atoms with E-state index in [1.807, 2.05) is 29.6 Å². The molecule has 0 aliphatic heterocycles. The fourth-order valence-electron chi connectivity index (χ4n) is 3.56. The summed E-state index contributed by atoms with van der Waals surface area (Å²) in [6, 6.07) is 22.1. The van der Waals surface area contributed by atoms with Gasteiger partial charge in [-0.1, -0.05) is 35.9 Å². The number of benzene rings is 3. The van der Waals surface area contributed by atoms with E-state index < -0.39 is 0 Å². The molecule has 0 aliphatic carbocycles. The number of nitrogens with zero attached hydrogens (tertiary/aromatic N) is 3. The van der Waals surface area contributed by atoms with E-state index in [2.05, 4.69) is 60.5 Å². The lowest BCUT2D eigenvalue weighted by molar-refractivity contribution is 1.32. The smallest absolute Gasteiger partial charge is 0.187 e. The summed E-state index contributed by atoms with van der Waals surface area (Å²) in [5.74, 6) is 0.865. The Morgan fingerprint density at radius 1 is 0.968 bits per heavy atom. The van der Waals surface area contributed by atoms with Crippen LogP contribution >= 0.6 is 11.3 Å². The molecule has 0 atom stereocenters. The molecule has 0 saturated carbocycles. The van der Waals surface area contributed by atoms with Crippen molar-refractivity contribution < 1.29 is 0 Å². The lowest BCUT2D eigenvalue weighted by Gasteiger charge is -2.06. The number of rotatable bonds is 4. The van der Waals surface area contributed by atoms with Crippen LogP contribution < -0.4 is 5.32 Å². The molecule has 5 nitrogen and oxygen atoms in total. The number of nitrogens with one attached hydrogen (secondary N) is 2. The first-order valence-electron chi connectivity index (χ1n) is 9.89. The highest BCUT2D eigenvalue weighted by atomic mass is 32.1. The molecule has 0 unspecified atom stereocenters. The predicted octanol–water partition coefficient (Wildman–Crippen LogP) is 6.59. The first-order valence-corrected chi connectivity index (χ1v) is 10.8. The molecule has 2 heterocycles. The van der Waals surface area contributed by atoms with Crippen LogP contribution in [-0.2, 0) is 0 Å². The minimum atomic E-state index is 0.629. The molecule has 3 aromatic carbocycles. The molecule has 150 valence electrons. The van der Waals surface area contributed by atoms with E-state index in [9.17, 15) is 0 Å². The van der Waals surface area contributed by atoms with Gasteiger partial charge in [0.1, 0.15) is 5.82 Å². The molecule has 0 saturated heterocycles. The zero-order valence-electron chi connectivity index (χ0n) is 17.1. The monoisotopic (exact) mass is 421 g/mol. The molecule has 31 heavy (non-hydrogen) atoms. The quantitative estimate of drug-likeness (QED) is 0.343. The van der Waals surface area contributed by atoms with Crippen LogP contribution in [0.25, 0.3) is 33.7 Å². The zero-order valence-corrected chi connectivity index (χ0v) is 17.9. The number of fused-ring (bicyclic) bond motifs is 1. The van der Waals surface area contributed by atoms with Gasteiger partial charge in [-0.25, -0.2) is 9.97 Å². The highest BCUT2D eigenvalue weighted by Crippen LogP contribution is 2.31. The molecule has 0 amide bonds. The highest BCUT2D eigenvalue weighted by molar-refractivity contribution is 7.14. The number of aromatic nitrogens is 3. The van der Waals surface area contributed by atoms with Crippen LogP contribution in [0.5, 0.6) is 0 Å². The van der Waals surface area contributed by atoms with Crippen LogP contribution in [0.3, 0.4) is 0 Å². The summed E-state index contributed by atoms with van der Waals surface area (Å²) in [4.78, 5) is 12.9. The number of thiazole rings is 1. The Morgan fingerprint density at radius 2 is 1.81 bits per heavy atom. The maximum atomic E-state index is 9.13. The number of anilines is 2. The Kier molecular flexibility index (Phi) is 4.73. The molecule has 2 aromatic heterocycles. The van der Waals surface area contributed by atoms with Gasteiger partial charge in [-0.2, -0.15) is 5.26 Å². The average Bonchev–Trinajstić information content (AvgIpc) is 3.41. The van der Waals surface area contributed by atoms with Crippen LogP contribution in [-0.4, -0.2) is 15.0 Å². The summed E-state index contributed by atoms with van der Waals surface area (Å²) in [7, 11) is 0. The van der Waals surface area contributed by atoms with Crippen molar-refractivity contribution in [1.29, 1.82) is 5.26 Å². The fourth-order valence-corrected chi connectivity index (χ4v) is 4.29. The summed E-state index contributed by atoms with van der Waals surface area (Å²) in [6.45, 7) is 4.15. The largest absolute Gasteiger partial charge is 0.338 e. The fraction of sp³-hybridized carbons (Fsp3) is 0.0800. The Morgan fingerprint density at radius 3 is 2.65 bits per heavy atom. The number of aryl methyl sites for hydroxylation is 2. The first kappa shape index (κ1) is 19.0. The lowest BCUT2D eigenvalue weighted by atomic mass is 10.1. The van der Waals surface area contributed by atoms with E-state index >= 15 is 0 Å². The van der Waals surface area contributed by atoms with E-state index in [0.29, 0.717) is 5.56 Å². The average molecular weight is 422 g/mol. The van der Waals surface area contributed by atoms with Gasteiger partial charge < -0.3 is 10.3 Å². The number of nitriles is 1. The number of H-pyrrole nitrogens is 1. The second-order valence-electron chi connectivity index (χ2n) is 7.49. The topological polar surface area (TPSA) is 77.4 Å². The Balaban J connectivity index is 1.45. The summed E-state index contributed by atoms with van der Waals surface area (Å²) in [5, 5.41) is 15.4. The number of aromatic amines is 1. The lowest BCUT2D eigenvalue weighted by Crippen LogP contribution is -1.93. The molecular weight excluding hydrogens is 402 g/mol. The third-order valence-electron chi connectivity index (χ3n) is 5.15. The van der Waals surface area contributed by atoms with Crippen LogP contribution in [0.15, 0.2) is 66.0 Å². The standard InChI is InChI=1S/C25H19N5S/c1-15-5-3-8-19(9-15)24-27-21-10-16(2)20(12-22(21)28-24)29-25-30-23(14-31-25)18-7-4-6-17(11-18)13-26/h3-12,14H,1-2H3,(H,27,28)(H,29,30). The van der Waals surface area contributed by atoms with E-state index in [0.717, 1.165) is 50.1 Å². The second kappa shape index (κ2) is 7.71. The SMILES string of the molecule is Cc1cccc(-c2nc3cc(Nc4nc(-c5cccc(C#N)c5)cs4)c(C)cc3[nH]2)c1. The maximum Gasteiger partial charge on any atom is 0.187 e. The van der Waals surface area contributed by atoms with Crippen LogP contribution in [0.4, 0.5) is 10.8 Å². The van der Waals surface area contributed by atoms with Gasteiger partial charge in [0.2, 0.25) is 0 Å². The van der Waals surface area contributed by atoms with Gasteiger partial charge in [0.05, 0.1) is 28.4 Å². The minimum Gasteiger partial charge on any atom is -0.338 e. The molecular formula is C25H19N5S. The first-order chi connectivity index (χ1) is 15.1. The van der Waals surface area contributed by atoms with Crippen LogP contribution in [0, 0.1) is 25.2 Å². The van der Waals surface area contributed by atoms with Crippen LogP contribution in [0.1, 0.15) is 16.7 Å². The molecule has 0 radical (unpaired) electrons. The minimum absolute atomic E-state index is 0.629. The van der Waals surface area contributed by atoms with E-state index in [-0.39, 0.29) is 0 Å². The zero-order chi connectivity index (χ0) is 21.4. The van der Waals surface area contributed by atoms with Gasteiger partial charge in [-0.15, -0.1) is 11.3 Å². The van der Waals surface area contributed by atoms with Gasteiger partial charge >= 0.3 is 0 Å². The van der Waals surface area contributed by atoms with Gasteiger partial charge in [0.15, 0.2) is 5.13 Å². The van der Waals surface area contributed by atoms with Crippen LogP contribution in [0.2, 0.25) is 0 Å². The van der Waals surface area contributed by atoms with Crippen molar-refractivity contribution in [2.75, 3.05) is 5.32 Å². The number of hydrogen-bond acceptors (Lipinski definition) is 5. The van der Waals surface area contributed by atoms with E-state index in [1.54, 1.807) is 6.07 Å². The van der Waals surface area contributed by atoms with Crippen molar-refractivity contribution >= 4 is 33.2 Å². The molecule has 0 fully saturated rings. The summed E-state index contributed by atoms with van der Waals surface area (Å²) in [5.41, 5.74) is 8.69. The van der Waals surface area contributed by atoms with Gasteiger partial charge in [0.25, 0.3) is 0 Å². The van der Waals surface area contributed by atoms with Gasteiger partial charge in [0, 0.05) is 22.2 Å². The molecule has 6 heteroatoms. The molecule has 2 N–H and O–H groups in total. The summed E-state index contributed by atoms with van der Waals surface area (Å²) in [6.07, 6.45) is 0. The van der Waals surface area contributed by atoms with E-state index in [1.165, 1.54) is 16.9 Å². The van der Waals surface area contributed by atoms with Crippen molar-refractivity contribution in [1.82, 2.24) is 15.0 Å². The third-order valence-corrected chi connectivity index (χ3v) is 5.91. The van der Waals surface area contributed by atoms with Gasteiger partial charge in [-0.3, -0.25) is 0 Å².